The third-order valence-electron chi connectivity index (χ3n) is 2.61. The number of carbonyl (C=O) groups excluding carboxylic acids is 1. The van der Waals surface area contributed by atoms with Crippen LogP contribution in [0.5, 0.6) is 0 Å². The van der Waals surface area contributed by atoms with Crippen LogP contribution in [-0.4, -0.2) is 6.29 Å². The maximum Gasteiger partial charge on any atom is 0.151 e. The Morgan fingerprint density at radius 3 is 2.60 bits per heavy atom. The molecule has 0 fully saturated rings. The molecule has 0 heterocycles. The van der Waals surface area contributed by atoms with E-state index in [0.29, 0.717) is 5.56 Å². The maximum atomic E-state index is 11.1. The summed E-state index contributed by atoms with van der Waals surface area (Å²) in [6.07, 6.45) is 0.890. The largest absolute Gasteiger partial charge is 0.324 e. The van der Waals surface area contributed by atoms with Gasteiger partial charge in [-0.25, -0.2) is 0 Å². The third kappa shape index (κ3) is 1.64. The summed E-state index contributed by atoms with van der Waals surface area (Å²) in [5.41, 5.74) is 7.44. The van der Waals surface area contributed by atoms with Crippen molar-refractivity contribution in [2.45, 2.75) is 13.0 Å². The standard InChI is InChI=1S/C13H13NO/c1-9(14)11-7-6-10-4-2-3-5-12(10)13(11)8-15/h2-9H,14H2,1H3/t9-/m1/s1. The third-order valence-corrected chi connectivity index (χ3v) is 2.61. The average Bonchev–Trinajstić information content (AvgIpc) is 2.27. The van der Waals surface area contributed by atoms with E-state index in [-0.39, 0.29) is 6.04 Å². The highest BCUT2D eigenvalue weighted by Gasteiger charge is 2.09. The van der Waals surface area contributed by atoms with Crippen LogP contribution in [0.4, 0.5) is 0 Å². The van der Waals surface area contributed by atoms with Crippen molar-refractivity contribution >= 4 is 17.1 Å². The molecule has 76 valence electrons. The van der Waals surface area contributed by atoms with Gasteiger partial charge in [0.1, 0.15) is 0 Å². The Kier molecular flexibility index (Phi) is 2.52. The molecular weight excluding hydrogens is 186 g/mol. The Balaban J connectivity index is 2.81. The van der Waals surface area contributed by atoms with Gasteiger partial charge in [0.2, 0.25) is 0 Å². The highest BCUT2D eigenvalue weighted by atomic mass is 16.1. The summed E-state index contributed by atoms with van der Waals surface area (Å²) in [5.74, 6) is 0. The molecule has 2 aromatic rings. The van der Waals surface area contributed by atoms with Gasteiger partial charge in [-0.15, -0.1) is 0 Å². The van der Waals surface area contributed by atoms with E-state index in [1.54, 1.807) is 0 Å². The number of nitrogens with two attached hydrogens (primary N) is 1. The molecule has 2 N–H and O–H groups in total. The van der Waals surface area contributed by atoms with Crippen molar-refractivity contribution in [1.82, 2.24) is 0 Å². The molecule has 0 radical (unpaired) electrons. The second-order valence-electron chi connectivity index (χ2n) is 3.70. The van der Waals surface area contributed by atoms with Crippen LogP contribution in [0.15, 0.2) is 36.4 Å². The first-order chi connectivity index (χ1) is 7.24. The SMILES string of the molecule is C[C@@H](N)c1ccc2ccccc2c1C=O. The van der Waals surface area contributed by atoms with Gasteiger partial charge in [-0.2, -0.15) is 0 Å². The molecule has 0 bridgehead atoms. The minimum absolute atomic E-state index is 0.116. The molecule has 0 saturated carbocycles. The molecule has 0 spiro atoms. The average molecular weight is 199 g/mol. The normalized spacial score (nSPS) is 12.7. The molecular formula is C13H13NO. The molecule has 2 rings (SSSR count). The van der Waals surface area contributed by atoms with E-state index in [2.05, 4.69) is 0 Å². The van der Waals surface area contributed by atoms with E-state index in [1.165, 1.54) is 0 Å². The van der Waals surface area contributed by atoms with Gasteiger partial charge in [-0.1, -0.05) is 36.4 Å². The lowest BCUT2D eigenvalue weighted by molar-refractivity contribution is 0.112. The summed E-state index contributed by atoms with van der Waals surface area (Å²) in [5, 5.41) is 2.05. The molecule has 2 nitrogen and oxygen atoms in total. The summed E-state index contributed by atoms with van der Waals surface area (Å²) in [7, 11) is 0. The highest BCUT2D eigenvalue weighted by molar-refractivity contribution is 5.99. The van der Waals surface area contributed by atoms with Crippen molar-refractivity contribution in [3.05, 3.63) is 47.5 Å². The van der Waals surface area contributed by atoms with E-state index < -0.39 is 0 Å². The van der Waals surface area contributed by atoms with Gasteiger partial charge < -0.3 is 5.73 Å². The number of hydrogen-bond acceptors (Lipinski definition) is 2. The zero-order chi connectivity index (χ0) is 10.8. The van der Waals surface area contributed by atoms with Gasteiger partial charge in [-0.05, 0) is 23.3 Å². The Morgan fingerprint density at radius 2 is 1.93 bits per heavy atom. The van der Waals surface area contributed by atoms with E-state index >= 15 is 0 Å². The van der Waals surface area contributed by atoms with Gasteiger partial charge in [0, 0.05) is 11.6 Å². The quantitative estimate of drug-likeness (QED) is 0.755. The zero-order valence-corrected chi connectivity index (χ0v) is 8.60. The molecule has 2 heteroatoms. The summed E-state index contributed by atoms with van der Waals surface area (Å²) in [6, 6.07) is 11.6. The van der Waals surface area contributed by atoms with Crippen molar-refractivity contribution in [3.8, 4) is 0 Å². The van der Waals surface area contributed by atoms with Crippen molar-refractivity contribution < 1.29 is 4.79 Å². The fourth-order valence-electron chi connectivity index (χ4n) is 1.84. The van der Waals surface area contributed by atoms with Crippen LogP contribution in [0.1, 0.15) is 28.9 Å². The summed E-state index contributed by atoms with van der Waals surface area (Å²) in [4.78, 5) is 11.1. The minimum atomic E-state index is -0.116. The van der Waals surface area contributed by atoms with E-state index in [0.717, 1.165) is 22.6 Å². The lowest BCUT2D eigenvalue weighted by atomic mass is 9.96. The predicted octanol–water partition coefficient (Wildman–Crippen LogP) is 2.67. The van der Waals surface area contributed by atoms with Gasteiger partial charge >= 0.3 is 0 Å². The molecule has 0 aromatic heterocycles. The van der Waals surface area contributed by atoms with Crippen LogP contribution in [0, 0.1) is 0 Å². The van der Waals surface area contributed by atoms with Crippen molar-refractivity contribution in [1.29, 1.82) is 0 Å². The van der Waals surface area contributed by atoms with Gasteiger partial charge in [0.25, 0.3) is 0 Å². The summed E-state index contributed by atoms with van der Waals surface area (Å²) < 4.78 is 0. The fraction of sp³-hybridized carbons (Fsp3) is 0.154. The van der Waals surface area contributed by atoms with Crippen molar-refractivity contribution in [2.75, 3.05) is 0 Å². The molecule has 2 aromatic carbocycles. The van der Waals surface area contributed by atoms with Crippen LogP contribution < -0.4 is 5.73 Å². The number of carbonyl (C=O) groups is 1. The van der Waals surface area contributed by atoms with Gasteiger partial charge in [0.15, 0.2) is 6.29 Å². The summed E-state index contributed by atoms with van der Waals surface area (Å²) in [6.45, 7) is 1.89. The fourth-order valence-corrected chi connectivity index (χ4v) is 1.84. The Bertz CT molecular complexity index is 503. The van der Waals surface area contributed by atoms with Crippen LogP contribution in [0.3, 0.4) is 0 Å². The number of aldehydes is 1. The first-order valence-electron chi connectivity index (χ1n) is 4.96. The topological polar surface area (TPSA) is 43.1 Å². The van der Waals surface area contributed by atoms with E-state index in [1.807, 2.05) is 43.3 Å². The number of hydrogen-bond donors (Lipinski definition) is 1. The molecule has 1 atom stereocenters. The second kappa shape index (κ2) is 3.83. The smallest absolute Gasteiger partial charge is 0.151 e. The lowest BCUT2D eigenvalue weighted by Crippen LogP contribution is -2.08. The molecule has 0 saturated heterocycles. The van der Waals surface area contributed by atoms with Crippen molar-refractivity contribution in [3.63, 3.8) is 0 Å². The van der Waals surface area contributed by atoms with Gasteiger partial charge in [-0.3, -0.25) is 4.79 Å². The molecule has 0 aliphatic rings. The van der Waals surface area contributed by atoms with E-state index in [9.17, 15) is 4.79 Å². The minimum Gasteiger partial charge on any atom is -0.324 e. The molecule has 15 heavy (non-hydrogen) atoms. The Labute approximate surface area is 88.7 Å². The predicted molar refractivity (Wildman–Crippen MR) is 61.9 cm³/mol. The number of fused-ring (bicyclic) bond motifs is 1. The second-order valence-corrected chi connectivity index (χ2v) is 3.70. The number of rotatable bonds is 2. The Hall–Kier alpha value is -1.67. The van der Waals surface area contributed by atoms with Crippen LogP contribution in [0.25, 0.3) is 10.8 Å². The van der Waals surface area contributed by atoms with Gasteiger partial charge in [0.05, 0.1) is 0 Å². The highest BCUT2D eigenvalue weighted by Crippen LogP contribution is 2.24. The van der Waals surface area contributed by atoms with Crippen molar-refractivity contribution in [2.24, 2.45) is 5.73 Å². The molecule has 0 aliphatic heterocycles. The molecule has 0 aliphatic carbocycles. The monoisotopic (exact) mass is 199 g/mol. The maximum absolute atomic E-state index is 11.1. The number of benzene rings is 2. The lowest BCUT2D eigenvalue weighted by Gasteiger charge is -2.11. The Morgan fingerprint density at radius 1 is 1.20 bits per heavy atom. The summed E-state index contributed by atoms with van der Waals surface area (Å²) >= 11 is 0. The van der Waals surface area contributed by atoms with Crippen LogP contribution in [0.2, 0.25) is 0 Å². The molecule has 0 unspecified atom stereocenters. The zero-order valence-electron chi connectivity index (χ0n) is 8.60. The van der Waals surface area contributed by atoms with Crippen LogP contribution >= 0.6 is 0 Å². The van der Waals surface area contributed by atoms with Crippen LogP contribution in [-0.2, 0) is 0 Å². The molecule has 0 amide bonds. The van der Waals surface area contributed by atoms with E-state index in [4.69, 9.17) is 5.73 Å². The first kappa shape index (κ1) is 9.87. The first-order valence-corrected chi connectivity index (χ1v) is 4.96.